The van der Waals surface area contributed by atoms with E-state index in [1.165, 1.54) is 23.0 Å². The first-order chi connectivity index (χ1) is 10.9. The van der Waals surface area contributed by atoms with Crippen LogP contribution in [0, 0.1) is 0 Å². The third-order valence-electron chi connectivity index (χ3n) is 3.34. The van der Waals surface area contributed by atoms with Gasteiger partial charge in [0.25, 0.3) is 0 Å². The molecule has 1 unspecified atom stereocenters. The van der Waals surface area contributed by atoms with E-state index in [0.717, 1.165) is 11.3 Å². The first-order valence-corrected chi connectivity index (χ1v) is 8.61. The molecule has 122 valence electrons. The molecule has 1 atom stereocenters. The van der Waals surface area contributed by atoms with Crippen LogP contribution in [0.1, 0.15) is 43.5 Å². The van der Waals surface area contributed by atoms with E-state index in [1.54, 1.807) is 6.08 Å². The molecule has 0 saturated heterocycles. The smallest absolute Gasteiger partial charge is 0.250 e. The molecule has 2 rings (SSSR count). The lowest BCUT2D eigenvalue weighted by Crippen LogP contribution is -2.18. The number of nitrogens with zero attached hydrogens (tertiary/aromatic N) is 1. The van der Waals surface area contributed by atoms with Crippen molar-refractivity contribution in [2.24, 2.45) is 5.73 Å². The van der Waals surface area contributed by atoms with Crippen LogP contribution in [0.3, 0.4) is 0 Å². The Bertz CT molecular complexity index is 672. The Morgan fingerprint density at radius 1 is 1.30 bits per heavy atom. The predicted molar refractivity (Wildman–Crippen MR) is 97.7 cm³/mol. The van der Waals surface area contributed by atoms with Gasteiger partial charge >= 0.3 is 0 Å². The van der Waals surface area contributed by atoms with Gasteiger partial charge in [-0.05, 0) is 30.0 Å². The maximum Gasteiger partial charge on any atom is 0.250 e. The Morgan fingerprint density at radius 2 is 2.00 bits per heavy atom. The molecule has 2 aromatic rings. The van der Waals surface area contributed by atoms with E-state index in [1.807, 2.05) is 24.4 Å². The molecule has 0 radical (unpaired) electrons. The summed E-state index contributed by atoms with van der Waals surface area (Å²) in [7, 11) is 0. The minimum absolute atomic E-state index is 0.0642. The monoisotopic (exact) mass is 329 g/mol. The zero-order chi connectivity index (χ0) is 16.8. The van der Waals surface area contributed by atoms with Crippen molar-refractivity contribution in [2.45, 2.75) is 39.2 Å². The summed E-state index contributed by atoms with van der Waals surface area (Å²) in [5.41, 5.74) is 8.94. The summed E-state index contributed by atoms with van der Waals surface area (Å²) < 4.78 is 0. The van der Waals surface area contributed by atoms with Crippen molar-refractivity contribution in [1.29, 1.82) is 0 Å². The number of hydrogen-bond acceptors (Lipinski definition) is 4. The molecule has 0 saturated carbocycles. The van der Waals surface area contributed by atoms with Crippen LogP contribution < -0.4 is 11.1 Å². The summed E-state index contributed by atoms with van der Waals surface area (Å²) in [5.74, 6) is 0.325. The van der Waals surface area contributed by atoms with Crippen LogP contribution in [0.2, 0.25) is 0 Å². The second kappa shape index (κ2) is 8.04. The van der Waals surface area contributed by atoms with Gasteiger partial charge in [0, 0.05) is 23.9 Å². The number of thiazole rings is 1. The van der Waals surface area contributed by atoms with Crippen LogP contribution in [0.4, 0.5) is 5.13 Å². The van der Waals surface area contributed by atoms with Crippen LogP contribution in [-0.2, 0) is 11.2 Å². The van der Waals surface area contributed by atoms with Gasteiger partial charge in [-0.1, -0.05) is 38.1 Å². The molecule has 1 aromatic carbocycles. The Kier molecular flexibility index (Phi) is 6.07. The van der Waals surface area contributed by atoms with Gasteiger partial charge in [0.05, 0.1) is 5.69 Å². The van der Waals surface area contributed by atoms with Gasteiger partial charge in [0.15, 0.2) is 5.13 Å². The third-order valence-corrected chi connectivity index (χ3v) is 4.15. The first kappa shape index (κ1) is 17.4. The topological polar surface area (TPSA) is 68.0 Å². The summed E-state index contributed by atoms with van der Waals surface area (Å²) in [4.78, 5) is 16.3. The number of rotatable bonds is 6. The van der Waals surface area contributed by atoms with E-state index in [9.17, 15) is 4.79 Å². The second-order valence-corrected chi connectivity index (χ2v) is 6.83. The second-order valence-electron chi connectivity index (χ2n) is 5.97. The summed E-state index contributed by atoms with van der Waals surface area (Å²) >= 11 is 1.41. The van der Waals surface area contributed by atoms with Crippen LogP contribution >= 0.6 is 11.3 Å². The van der Waals surface area contributed by atoms with Gasteiger partial charge < -0.3 is 5.73 Å². The van der Waals surface area contributed by atoms with Crippen LogP contribution in [0.5, 0.6) is 0 Å². The van der Waals surface area contributed by atoms with Crippen LogP contribution in [0.15, 0.2) is 35.7 Å². The number of amides is 1. The molecular weight excluding hydrogens is 306 g/mol. The van der Waals surface area contributed by atoms with Gasteiger partial charge in [0.1, 0.15) is 0 Å². The van der Waals surface area contributed by atoms with Gasteiger partial charge in [0.2, 0.25) is 5.91 Å². The molecule has 3 N–H and O–H groups in total. The highest BCUT2D eigenvalue weighted by atomic mass is 32.1. The fourth-order valence-electron chi connectivity index (χ4n) is 2.10. The number of aromatic nitrogens is 1. The third kappa shape index (κ3) is 5.62. The van der Waals surface area contributed by atoms with E-state index in [-0.39, 0.29) is 11.9 Å². The Balaban J connectivity index is 1.92. The lowest BCUT2D eigenvalue weighted by atomic mass is 10.0. The minimum Gasteiger partial charge on any atom is -0.328 e. The van der Waals surface area contributed by atoms with Crippen molar-refractivity contribution in [3.05, 3.63) is 52.5 Å². The molecule has 5 heteroatoms. The molecule has 0 spiro atoms. The summed E-state index contributed by atoms with van der Waals surface area (Å²) in [6, 6.07) is 8.27. The molecule has 0 bridgehead atoms. The zero-order valence-electron chi connectivity index (χ0n) is 13.7. The Labute approximate surface area is 141 Å². The average molecular weight is 329 g/mol. The molecule has 1 aromatic heterocycles. The highest BCUT2D eigenvalue weighted by Crippen LogP contribution is 2.17. The average Bonchev–Trinajstić information content (AvgIpc) is 2.91. The Hall–Kier alpha value is -1.98. The molecule has 1 heterocycles. The van der Waals surface area contributed by atoms with Crippen molar-refractivity contribution in [3.63, 3.8) is 0 Å². The highest BCUT2D eigenvalue weighted by Gasteiger charge is 2.06. The van der Waals surface area contributed by atoms with E-state index in [0.29, 0.717) is 17.5 Å². The lowest BCUT2D eigenvalue weighted by molar-refractivity contribution is -0.111. The highest BCUT2D eigenvalue weighted by molar-refractivity contribution is 7.13. The number of carbonyl (C=O) groups excluding carboxylic acids is 1. The number of benzene rings is 1. The minimum atomic E-state index is -0.181. The van der Waals surface area contributed by atoms with E-state index in [2.05, 4.69) is 36.3 Å². The molecular formula is C18H23N3OS. The van der Waals surface area contributed by atoms with Gasteiger partial charge in [-0.3, -0.25) is 10.1 Å². The van der Waals surface area contributed by atoms with Gasteiger partial charge in [-0.2, -0.15) is 0 Å². The van der Waals surface area contributed by atoms with Crippen molar-refractivity contribution < 1.29 is 4.79 Å². The normalized spacial score (nSPS) is 12.7. The van der Waals surface area contributed by atoms with Crippen molar-refractivity contribution in [3.8, 4) is 0 Å². The van der Waals surface area contributed by atoms with E-state index >= 15 is 0 Å². The Morgan fingerprint density at radius 3 is 2.61 bits per heavy atom. The lowest BCUT2D eigenvalue weighted by Gasteiger charge is -2.04. The van der Waals surface area contributed by atoms with Crippen molar-refractivity contribution >= 4 is 28.5 Å². The molecule has 1 amide bonds. The summed E-state index contributed by atoms with van der Waals surface area (Å²) in [6.07, 6.45) is 4.04. The molecule has 0 aliphatic heterocycles. The summed E-state index contributed by atoms with van der Waals surface area (Å²) in [5, 5.41) is 5.30. The van der Waals surface area contributed by atoms with Crippen molar-refractivity contribution in [2.75, 3.05) is 5.32 Å². The quantitative estimate of drug-likeness (QED) is 0.792. The predicted octanol–water partition coefficient (Wildman–Crippen LogP) is 3.81. The van der Waals surface area contributed by atoms with Gasteiger partial charge in [-0.25, -0.2) is 4.98 Å². The number of hydrogen-bond donors (Lipinski definition) is 2. The van der Waals surface area contributed by atoms with Crippen LogP contribution in [-0.4, -0.2) is 16.9 Å². The number of nitrogens with one attached hydrogen (secondary N) is 1. The van der Waals surface area contributed by atoms with Gasteiger partial charge in [-0.15, -0.1) is 11.3 Å². The SMILES string of the molecule is CC(N)Cc1csc(NC(=O)/C=C/c2ccc(C(C)C)cc2)n1. The van der Waals surface area contributed by atoms with Crippen molar-refractivity contribution in [1.82, 2.24) is 4.98 Å². The standard InChI is InChI=1S/C18H23N3OS/c1-12(2)15-7-4-14(5-8-15)6-9-17(22)21-18-20-16(11-23-18)10-13(3)19/h4-9,11-13H,10,19H2,1-3H3,(H,20,21,22)/b9-6+. The fraction of sp³-hybridized carbons (Fsp3) is 0.333. The fourth-order valence-corrected chi connectivity index (χ4v) is 2.83. The molecule has 0 aliphatic rings. The molecule has 0 fully saturated rings. The molecule has 4 nitrogen and oxygen atoms in total. The number of nitrogens with two attached hydrogens (primary N) is 1. The van der Waals surface area contributed by atoms with E-state index < -0.39 is 0 Å². The zero-order valence-corrected chi connectivity index (χ0v) is 14.6. The summed E-state index contributed by atoms with van der Waals surface area (Å²) in [6.45, 7) is 6.25. The maximum atomic E-state index is 11.9. The number of carbonyl (C=O) groups is 1. The molecule has 0 aliphatic carbocycles. The molecule has 23 heavy (non-hydrogen) atoms. The first-order valence-electron chi connectivity index (χ1n) is 7.73. The maximum absolute atomic E-state index is 11.9. The largest absolute Gasteiger partial charge is 0.328 e. The van der Waals surface area contributed by atoms with E-state index in [4.69, 9.17) is 5.73 Å². The van der Waals surface area contributed by atoms with Crippen LogP contribution in [0.25, 0.3) is 6.08 Å². The number of anilines is 1.